The van der Waals surface area contributed by atoms with Gasteiger partial charge in [0.2, 0.25) is 0 Å². The first-order valence-corrected chi connectivity index (χ1v) is 9.16. The minimum Gasteiger partial charge on any atom is -0.488 e. The molecule has 4 nitrogen and oxygen atoms in total. The van der Waals surface area contributed by atoms with Crippen LogP contribution in [0.15, 0.2) is 90.0 Å². The Kier molecular flexibility index (Phi) is 6.90. The molecule has 1 amide bonds. The molecule has 0 spiro atoms. The first kappa shape index (κ1) is 20.0. The summed E-state index contributed by atoms with van der Waals surface area (Å²) in [5, 5.41) is 4.12. The minimum absolute atomic E-state index is 0.229. The van der Waals surface area contributed by atoms with Crippen molar-refractivity contribution in [2.75, 3.05) is 0 Å². The molecular formula is C24H21FN2O2. The van der Waals surface area contributed by atoms with Gasteiger partial charge >= 0.3 is 0 Å². The largest absolute Gasteiger partial charge is 0.488 e. The van der Waals surface area contributed by atoms with Crippen LogP contribution in [0.25, 0.3) is 6.08 Å². The third-order valence-corrected chi connectivity index (χ3v) is 4.09. The van der Waals surface area contributed by atoms with E-state index in [2.05, 4.69) is 10.5 Å². The number of para-hydroxylation sites is 1. The lowest BCUT2D eigenvalue weighted by Gasteiger charge is -2.10. The maximum absolute atomic E-state index is 13.0. The Balaban J connectivity index is 1.63. The summed E-state index contributed by atoms with van der Waals surface area (Å²) >= 11 is 0. The molecule has 146 valence electrons. The molecule has 3 aromatic carbocycles. The van der Waals surface area contributed by atoms with Gasteiger partial charge in [-0.1, -0.05) is 60.7 Å². The predicted molar refractivity (Wildman–Crippen MR) is 113 cm³/mol. The van der Waals surface area contributed by atoms with E-state index in [1.165, 1.54) is 12.1 Å². The van der Waals surface area contributed by atoms with E-state index in [1.807, 2.05) is 42.5 Å². The number of nitrogens with one attached hydrogen (secondary N) is 1. The smallest absolute Gasteiger partial charge is 0.275 e. The molecule has 0 heterocycles. The van der Waals surface area contributed by atoms with Crippen molar-refractivity contribution in [1.29, 1.82) is 0 Å². The van der Waals surface area contributed by atoms with Crippen LogP contribution in [-0.2, 0) is 6.61 Å². The van der Waals surface area contributed by atoms with Crippen molar-refractivity contribution in [1.82, 2.24) is 5.43 Å². The molecule has 0 unspecified atom stereocenters. The van der Waals surface area contributed by atoms with Crippen molar-refractivity contribution in [3.05, 3.63) is 107 Å². The summed E-state index contributed by atoms with van der Waals surface area (Å²) in [5.41, 5.74) is 5.44. The summed E-state index contributed by atoms with van der Waals surface area (Å²) in [6.07, 6.45) is 3.75. The topological polar surface area (TPSA) is 50.7 Å². The summed E-state index contributed by atoms with van der Waals surface area (Å²) in [6, 6.07) is 22.8. The number of halogens is 1. The average molecular weight is 388 g/mol. The lowest BCUT2D eigenvalue weighted by Crippen LogP contribution is -2.19. The minimum atomic E-state index is -0.368. The molecular weight excluding hydrogens is 367 g/mol. The molecule has 0 saturated heterocycles. The van der Waals surface area contributed by atoms with Gasteiger partial charge in [0.15, 0.2) is 0 Å². The highest BCUT2D eigenvalue weighted by atomic mass is 19.1. The van der Waals surface area contributed by atoms with E-state index in [0.717, 1.165) is 11.1 Å². The summed E-state index contributed by atoms with van der Waals surface area (Å²) in [5.74, 6) is -0.239. The maximum atomic E-state index is 13.0. The Hall–Kier alpha value is -3.73. The van der Waals surface area contributed by atoms with Gasteiger partial charge in [-0.2, -0.15) is 5.10 Å². The number of hydrogen-bond acceptors (Lipinski definition) is 3. The van der Waals surface area contributed by atoms with Gasteiger partial charge in [-0.3, -0.25) is 4.79 Å². The Morgan fingerprint density at radius 3 is 2.45 bits per heavy atom. The molecule has 0 saturated carbocycles. The van der Waals surface area contributed by atoms with E-state index in [1.54, 1.807) is 43.3 Å². The molecule has 0 bridgehead atoms. The molecule has 0 radical (unpaired) electrons. The Morgan fingerprint density at radius 2 is 1.69 bits per heavy atom. The summed E-state index contributed by atoms with van der Waals surface area (Å²) < 4.78 is 18.8. The lowest BCUT2D eigenvalue weighted by atomic mass is 10.2. The van der Waals surface area contributed by atoms with Gasteiger partial charge in [0.25, 0.3) is 5.91 Å². The molecule has 3 aromatic rings. The zero-order valence-electron chi connectivity index (χ0n) is 16.0. The quantitative estimate of drug-likeness (QED) is 0.445. The van der Waals surface area contributed by atoms with Crippen molar-refractivity contribution in [3.8, 4) is 5.75 Å². The molecule has 29 heavy (non-hydrogen) atoms. The number of amides is 1. The number of rotatable bonds is 7. The zero-order chi connectivity index (χ0) is 20.5. The van der Waals surface area contributed by atoms with Crippen molar-refractivity contribution in [3.63, 3.8) is 0 Å². The molecule has 5 heteroatoms. The Bertz CT molecular complexity index is 1010. The van der Waals surface area contributed by atoms with Crippen LogP contribution in [0.2, 0.25) is 0 Å². The van der Waals surface area contributed by atoms with Crippen molar-refractivity contribution < 1.29 is 13.9 Å². The van der Waals surface area contributed by atoms with E-state index >= 15 is 0 Å². The van der Waals surface area contributed by atoms with Gasteiger partial charge in [0, 0.05) is 0 Å². The number of carbonyl (C=O) groups excluding carboxylic acids is 1. The summed E-state index contributed by atoms with van der Waals surface area (Å²) in [7, 11) is 0. The molecule has 0 aromatic heterocycles. The zero-order valence-corrected chi connectivity index (χ0v) is 16.0. The van der Waals surface area contributed by atoms with Crippen LogP contribution in [0.4, 0.5) is 4.39 Å². The van der Waals surface area contributed by atoms with Crippen LogP contribution in [0, 0.1) is 5.82 Å². The number of allylic oxidation sites excluding steroid dienone is 1. The van der Waals surface area contributed by atoms with Gasteiger partial charge in [0.05, 0.1) is 11.3 Å². The van der Waals surface area contributed by atoms with E-state index in [4.69, 9.17) is 4.74 Å². The highest BCUT2D eigenvalue weighted by molar-refractivity contribution is 6.00. The predicted octanol–water partition coefficient (Wildman–Crippen LogP) is 5.22. The SMILES string of the molecule is CC(C=Cc1ccccc1)=NNC(=O)c1ccccc1OCc1ccc(F)cc1. The third-order valence-electron chi connectivity index (χ3n) is 4.09. The van der Waals surface area contributed by atoms with Gasteiger partial charge in [-0.05, 0) is 48.4 Å². The van der Waals surface area contributed by atoms with E-state index < -0.39 is 0 Å². The van der Waals surface area contributed by atoms with Crippen LogP contribution in [-0.4, -0.2) is 11.6 Å². The molecule has 3 rings (SSSR count). The summed E-state index contributed by atoms with van der Waals surface area (Å²) in [6.45, 7) is 2.03. The van der Waals surface area contributed by atoms with Crippen LogP contribution >= 0.6 is 0 Å². The second kappa shape index (κ2) is 9.99. The fourth-order valence-electron chi connectivity index (χ4n) is 2.54. The monoisotopic (exact) mass is 388 g/mol. The highest BCUT2D eigenvalue weighted by Crippen LogP contribution is 2.19. The summed E-state index contributed by atoms with van der Waals surface area (Å²) in [4.78, 5) is 12.5. The Labute approximate surface area is 169 Å². The normalized spacial score (nSPS) is 11.4. The molecule has 1 N–H and O–H groups in total. The van der Waals surface area contributed by atoms with Crippen molar-refractivity contribution >= 4 is 17.7 Å². The first-order valence-electron chi connectivity index (χ1n) is 9.16. The lowest BCUT2D eigenvalue weighted by molar-refractivity contribution is 0.0950. The number of ether oxygens (including phenoxy) is 1. The second-order valence-corrected chi connectivity index (χ2v) is 6.35. The van der Waals surface area contributed by atoms with Crippen molar-refractivity contribution in [2.45, 2.75) is 13.5 Å². The van der Waals surface area contributed by atoms with Crippen molar-refractivity contribution in [2.24, 2.45) is 5.10 Å². The van der Waals surface area contributed by atoms with Crippen LogP contribution in [0.5, 0.6) is 5.75 Å². The fraction of sp³-hybridized carbons (Fsp3) is 0.0833. The van der Waals surface area contributed by atoms with Crippen LogP contribution < -0.4 is 10.2 Å². The molecule has 0 aliphatic rings. The second-order valence-electron chi connectivity index (χ2n) is 6.35. The van der Waals surface area contributed by atoms with Crippen LogP contribution in [0.1, 0.15) is 28.4 Å². The van der Waals surface area contributed by atoms with Gasteiger partial charge in [-0.25, -0.2) is 9.82 Å². The van der Waals surface area contributed by atoms with Gasteiger partial charge in [0.1, 0.15) is 18.2 Å². The number of hydrazone groups is 1. The number of carbonyl (C=O) groups is 1. The van der Waals surface area contributed by atoms with Gasteiger partial charge < -0.3 is 4.74 Å². The Morgan fingerprint density at radius 1 is 1.00 bits per heavy atom. The van der Waals surface area contributed by atoms with E-state index in [9.17, 15) is 9.18 Å². The molecule has 0 atom stereocenters. The first-order chi connectivity index (χ1) is 14.1. The van der Waals surface area contributed by atoms with E-state index in [0.29, 0.717) is 17.0 Å². The van der Waals surface area contributed by atoms with Crippen LogP contribution in [0.3, 0.4) is 0 Å². The average Bonchev–Trinajstić information content (AvgIpc) is 2.76. The number of benzene rings is 3. The van der Waals surface area contributed by atoms with E-state index in [-0.39, 0.29) is 18.3 Å². The third kappa shape index (κ3) is 6.14. The molecule has 0 fully saturated rings. The fourth-order valence-corrected chi connectivity index (χ4v) is 2.54. The molecule has 0 aliphatic heterocycles. The number of hydrogen-bond donors (Lipinski definition) is 1. The van der Waals surface area contributed by atoms with Gasteiger partial charge in [-0.15, -0.1) is 0 Å². The maximum Gasteiger partial charge on any atom is 0.275 e. The standard InChI is InChI=1S/C24H21FN2O2/c1-18(11-12-19-7-3-2-4-8-19)26-27-24(28)22-9-5-6-10-23(22)29-17-20-13-15-21(25)16-14-20/h2-16H,17H2,1H3,(H,27,28). The highest BCUT2D eigenvalue weighted by Gasteiger charge is 2.11. The molecule has 0 aliphatic carbocycles. The number of nitrogens with zero attached hydrogens (tertiary/aromatic N) is 1.